The molecule has 1 heterocycles. The van der Waals surface area contributed by atoms with Crippen molar-refractivity contribution in [3.8, 4) is 0 Å². The Labute approximate surface area is 177 Å². The highest BCUT2D eigenvalue weighted by Crippen LogP contribution is 2.45. The highest BCUT2D eigenvalue weighted by molar-refractivity contribution is 6.42. The molecule has 0 bridgehead atoms. The molecule has 1 aliphatic heterocycles. The Kier molecular flexibility index (Phi) is 5.19. The number of halogens is 2. The molecule has 4 rings (SSSR count). The van der Waals surface area contributed by atoms with E-state index in [4.69, 9.17) is 28.3 Å². The molecule has 2 aromatic carbocycles. The number of benzene rings is 2. The first-order valence-corrected chi connectivity index (χ1v) is 10.0. The fraction of sp³-hybridized carbons (Fsp3) is 0.227. The van der Waals surface area contributed by atoms with Crippen LogP contribution < -0.4 is 4.90 Å². The lowest BCUT2D eigenvalue weighted by atomic mass is 9.77. The molecule has 1 atom stereocenters. The quantitative estimate of drug-likeness (QED) is 0.725. The number of hydrogen-bond acceptors (Lipinski definition) is 3. The number of rotatable bonds is 3. The van der Waals surface area contributed by atoms with E-state index in [9.17, 15) is 14.4 Å². The summed E-state index contributed by atoms with van der Waals surface area (Å²) in [6, 6.07) is 11.3. The van der Waals surface area contributed by atoms with Gasteiger partial charge in [-0.1, -0.05) is 35.3 Å². The summed E-state index contributed by atoms with van der Waals surface area (Å²) in [4.78, 5) is 38.7. The van der Waals surface area contributed by atoms with Crippen molar-refractivity contribution in [2.75, 3.05) is 4.90 Å². The average molecular weight is 430 g/mol. The van der Waals surface area contributed by atoms with Crippen LogP contribution in [0.2, 0.25) is 10.0 Å². The zero-order valence-corrected chi connectivity index (χ0v) is 16.8. The average Bonchev–Trinajstić information content (AvgIpc) is 2.70. The first-order valence-electron chi connectivity index (χ1n) is 9.25. The number of carbonyl (C=O) groups is 3. The number of ketones is 1. The lowest BCUT2D eigenvalue weighted by molar-refractivity contribution is -0.119. The van der Waals surface area contributed by atoms with Gasteiger partial charge in [0, 0.05) is 35.7 Å². The largest absolute Gasteiger partial charge is 0.478 e. The Hall–Kier alpha value is -2.63. The van der Waals surface area contributed by atoms with E-state index in [0.29, 0.717) is 51.8 Å². The van der Waals surface area contributed by atoms with E-state index < -0.39 is 11.9 Å². The van der Waals surface area contributed by atoms with Gasteiger partial charge < -0.3 is 5.11 Å². The van der Waals surface area contributed by atoms with Gasteiger partial charge in [0.1, 0.15) is 0 Å². The molecule has 1 N–H and O–H groups in total. The first kappa shape index (κ1) is 19.7. The smallest absolute Gasteiger partial charge is 0.335 e. The topological polar surface area (TPSA) is 74.7 Å². The summed E-state index contributed by atoms with van der Waals surface area (Å²) in [7, 11) is 0. The summed E-state index contributed by atoms with van der Waals surface area (Å²) in [5, 5.41) is 9.85. The molecular formula is C22H17Cl2NO4. The Balaban J connectivity index is 1.85. The molecular weight excluding hydrogens is 413 g/mol. The fourth-order valence-electron chi connectivity index (χ4n) is 4.10. The predicted octanol–water partition coefficient (Wildman–Crippen LogP) is 5.22. The molecule has 29 heavy (non-hydrogen) atoms. The minimum atomic E-state index is -1.04. The molecule has 148 valence electrons. The van der Waals surface area contributed by atoms with E-state index in [1.807, 2.05) is 0 Å². The molecule has 0 aromatic heterocycles. The normalized spacial score (nSPS) is 19.4. The second kappa shape index (κ2) is 7.65. The maximum atomic E-state index is 13.1. The van der Waals surface area contributed by atoms with Gasteiger partial charge in [-0.3, -0.25) is 14.5 Å². The number of carboxylic acids is 1. The predicted molar refractivity (Wildman–Crippen MR) is 111 cm³/mol. The monoisotopic (exact) mass is 429 g/mol. The van der Waals surface area contributed by atoms with Crippen molar-refractivity contribution in [3.05, 3.63) is 74.9 Å². The van der Waals surface area contributed by atoms with Crippen LogP contribution in [0, 0.1) is 0 Å². The summed E-state index contributed by atoms with van der Waals surface area (Å²) in [5.74, 6) is -1.63. The van der Waals surface area contributed by atoms with Crippen LogP contribution in [0.1, 0.15) is 47.5 Å². The van der Waals surface area contributed by atoms with Crippen LogP contribution in [-0.2, 0) is 9.59 Å². The fourth-order valence-corrected chi connectivity index (χ4v) is 4.54. The van der Waals surface area contributed by atoms with Gasteiger partial charge in [-0.2, -0.15) is 0 Å². The Morgan fingerprint density at radius 3 is 2.45 bits per heavy atom. The molecule has 2 aromatic rings. The van der Waals surface area contributed by atoms with Crippen molar-refractivity contribution in [2.45, 2.75) is 31.6 Å². The van der Waals surface area contributed by atoms with Gasteiger partial charge in [0.25, 0.3) is 0 Å². The van der Waals surface area contributed by atoms with Crippen molar-refractivity contribution in [3.63, 3.8) is 0 Å². The van der Waals surface area contributed by atoms with Crippen molar-refractivity contribution >= 4 is 46.5 Å². The standard InChI is InChI=1S/C22H17Cl2NO4/c23-16-4-1-3-14(21(16)24)15-11-19(27)25(17-5-2-6-18(26)20(15)17)13-9-7-12(8-10-13)22(28)29/h1,3-4,7-10,15H,2,5-6,11H2,(H,28,29). The van der Waals surface area contributed by atoms with Gasteiger partial charge in [-0.25, -0.2) is 4.79 Å². The molecule has 2 aliphatic rings. The van der Waals surface area contributed by atoms with Crippen molar-refractivity contribution in [1.82, 2.24) is 0 Å². The van der Waals surface area contributed by atoms with Crippen LogP contribution in [0.3, 0.4) is 0 Å². The third kappa shape index (κ3) is 3.45. The van der Waals surface area contributed by atoms with Gasteiger partial charge >= 0.3 is 5.97 Å². The van der Waals surface area contributed by atoms with Gasteiger partial charge in [-0.15, -0.1) is 0 Å². The molecule has 5 nitrogen and oxygen atoms in total. The molecule has 0 saturated heterocycles. The molecule has 0 spiro atoms. The lowest BCUT2D eigenvalue weighted by Gasteiger charge is -2.38. The van der Waals surface area contributed by atoms with Crippen LogP contribution in [0.5, 0.6) is 0 Å². The lowest BCUT2D eigenvalue weighted by Crippen LogP contribution is -2.40. The number of carbonyl (C=O) groups excluding carboxylic acids is 2. The summed E-state index contributed by atoms with van der Waals surface area (Å²) in [6.45, 7) is 0. The molecule has 0 fully saturated rings. The van der Waals surface area contributed by atoms with Crippen LogP contribution in [0.15, 0.2) is 53.7 Å². The molecule has 0 saturated carbocycles. The highest BCUT2D eigenvalue weighted by atomic mass is 35.5. The van der Waals surface area contributed by atoms with Crippen molar-refractivity contribution < 1.29 is 19.5 Å². The number of allylic oxidation sites excluding steroid dienone is 2. The third-order valence-corrected chi connectivity index (χ3v) is 6.24. The number of hydrogen-bond donors (Lipinski definition) is 1. The van der Waals surface area contributed by atoms with E-state index in [0.717, 1.165) is 0 Å². The van der Waals surface area contributed by atoms with Gasteiger partial charge in [-0.05, 0) is 48.7 Å². The van der Waals surface area contributed by atoms with Crippen molar-refractivity contribution in [2.24, 2.45) is 0 Å². The molecule has 1 aliphatic carbocycles. The number of Topliss-reactive ketones (excluding diaryl/α,β-unsaturated/α-hetero) is 1. The van der Waals surface area contributed by atoms with E-state index in [2.05, 4.69) is 0 Å². The Morgan fingerprint density at radius 2 is 1.76 bits per heavy atom. The zero-order chi connectivity index (χ0) is 20.7. The molecule has 1 unspecified atom stereocenters. The minimum Gasteiger partial charge on any atom is -0.478 e. The summed E-state index contributed by atoms with van der Waals surface area (Å²) in [6.07, 6.45) is 1.76. The van der Waals surface area contributed by atoms with Crippen LogP contribution in [0.4, 0.5) is 5.69 Å². The Bertz CT molecular complexity index is 1060. The van der Waals surface area contributed by atoms with Gasteiger partial charge in [0.05, 0.1) is 15.6 Å². The number of carboxylic acid groups (broad SMARTS) is 1. The summed E-state index contributed by atoms with van der Waals surface area (Å²) >= 11 is 12.6. The molecule has 7 heteroatoms. The van der Waals surface area contributed by atoms with E-state index >= 15 is 0 Å². The van der Waals surface area contributed by atoms with Gasteiger partial charge in [0.15, 0.2) is 5.78 Å². The summed E-state index contributed by atoms with van der Waals surface area (Å²) < 4.78 is 0. The number of nitrogens with zero attached hydrogens (tertiary/aromatic N) is 1. The van der Waals surface area contributed by atoms with Crippen LogP contribution >= 0.6 is 23.2 Å². The zero-order valence-electron chi connectivity index (χ0n) is 15.3. The van der Waals surface area contributed by atoms with Crippen LogP contribution in [-0.4, -0.2) is 22.8 Å². The van der Waals surface area contributed by atoms with E-state index in [-0.39, 0.29) is 23.7 Å². The maximum absolute atomic E-state index is 13.1. The number of amides is 1. The summed E-state index contributed by atoms with van der Waals surface area (Å²) in [5.41, 5.74) is 2.63. The minimum absolute atomic E-state index is 0.00643. The van der Waals surface area contributed by atoms with E-state index in [1.54, 1.807) is 35.2 Å². The van der Waals surface area contributed by atoms with Crippen LogP contribution in [0.25, 0.3) is 0 Å². The molecule has 0 radical (unpaired) electrons. The molecule has 1 amide bonds. The number of aromatic carboxylic acids is 1. The van der Waals surface area contributed by atoms with Crippen molar-refractivity contribution in [1.29, 1.82) is 0 Å². The second-order valence-corrected chi connectivity index (χ2v) is 7.90. The first-order chi connectivity index (χ1) is 13.9. The Morgan fingerprint density at radius 1 is 1.03 bits per heavy atom. The van der Waals surface area contributed by atoms with E-state index in [1.165, 1.54) is 12.1 Å². The number of anilines is 1. The maximum Gasteiger partial charge on any atom is 0.335 e. The highest BCUT2D eigenvalue weighted by Gasteiger charge is 2.40. The third-order valence-electron chi connectivity index (χ3n) is 5.40. The second-order valence-electron chi connectivity index (χ2n) is 7.12. The van der Waals surface area contributed by atoms with Gasteiger partial charge in [0.2, 0.25) is 5.91 Å². The SMILES string of the molecule is O=C1CCCC2=C1C(c1cccc(Cl)c1Cl)CC(=O)N2c1ccc(C(=O)O)cc1.